The number of hydrogen-bond acceptors (Lipinski definition) is 5. The number of benzene rings is 1. The van der Waals surface area contributed by atoms with Gasteiger partial charge >= 0.3 is 5.69 Å². The Balaban J connectivity index is 2.25. The molecule has 0 fully saturated rings. The third-order valence-corrected chi connectivity index (χ3v) is 3.24. The number of nitro groups is 1. The summed E-state index contributed by atoms with van der Waals surface area (Å²) >= 11 is 1.25. The molecular formula is C12H10N2O3S. The van der Waals surface area contributed by atoms with E-state index < -0.39 is 4.92 Å². The molecular weight excluding hydrogens is 252 g/mol. The third-order valence-electron chi connectivity index (χ3n) is 2.22. The highest BCUT2D eigenvalue weighted by Crippen LogP contribution is 2.33. The van der Waals surface area contributed by atoms with Crippen LogP contribution in [0.25, 0.3) is 0 Å². The van der Waals surface area contributed by atoms with Crippen LogP contribution in [0.15, 0.2) is 52.5 Å². The number of pyridine rings is 1. The lowest BCUT2D eigenvalue weighted by Gasteiger charge is -2.03. The highest BCUT2D eigenvalue weighted by atomic mass is 32.2. The van der Waals surface area contributed by atoms with E-state index >= 15 is 0 Å². The number of rotatable bonds is 4. The predicted octanol–water partition coefficient (Wildman–Crippen LogP) is 3.15. The lowest BCUT2D eigenvalue weighted by molar-refractivity contribution is -0.388. The van der Waals surface area contributed by atoms with Gasteiger partial charge in [-0.2, -0.15) is 0 Å². The van der Waals surface area contributed by atoms with Gasteiger partial charge in [-0.1, -0.05) is 11.8 Å². The van der Waals surface area contributed by atoms with Crippen LogP contribution >= 0.6 is 11.8 Å². The Morgan fingerprint density at radius 3 is 2.61 bits per heavy atom. The van der Waals surface area contributed by atoms with Gasteiger partial charge < -0.3 is 4.74 Å². The zero-order valence-electron chi connectivity index (χ0n) is 9.57. The third kappa shape index (κ3) is 2.78. The molecule has 0 aliphatic heterocycles. The molecule has 0 atom stereocenters. The van der Waals surface area contributed by atoms with Gasteiger partial charge in [-0.25, -0.2) is 4.98 Å². The van der Waals surface area contributed by atoms with Gasteiger partial charge in [-0.3, -0.25) is 10.1 Å². The molecule has 18 heavy (non-hydrogen) atoms. The second kappa shape index (κ2) is 5.50. The minimum Gasteiger partial charge on any atom is -0.497 e. The molecule has 0 aliphatic rings. The van der Waals surface area contributed by atoms with Gasteiger partial charge in [0.05, 0.1) is 12.0 Å². The molecule has 0 saturated carbocycles. The van der Waals surface area contributed by atoms with Crippen LogP contribution in [0.4, 0.5) is 5.69 Å². The SMILES string of the molecule is COc1ccc(Sc2ncccc2[N+](=O)[O-])cc1. The van der Waals surface area contributed by atoms with Crippen molar-refractivity contribution >= 4 is 17.4 Å². The molecule has 1 aromatic carbocycles. The fraction of sp³-hybridized carbons (Fsp3) is 0.0833. The Bertz CT molecular complexity index is 558. The van der Waals surface area contributed by atoms with Crippen molar-refractivity contribution in [2.75, 3.05) is 7.11 Å². The first-order valence-electron chi connectivity index (χ1n) is 5.12. The van der Waals surface area contributed by atoms with E-state index in [4.69, 9.17) is 4.74 Å². The molecule has 0 N–H and O–H groups in total. The molecule has 0 bridgehead atoms. The topological polar surface area (TPSA) is 65.3 Å². The van der Waals surface area contributed by atoms with Crippen molar-refractivity contribution in [1.82, 2.24) is 4.98 Å². The second-order valence-electron chi connectivity index (χ2n) is 3.36. The van der Waals surface area contributed by atoms with Gasteiger partial charge in [0, 0.05) is 17.2 Å². The van der Waals surface area contributed by atoms with Crippen LogP contribution in [0.2, 0.25) is 0 Å². The predicted molar refractivity (Wildman–Crippen MR) is 68.0 cm³/mol. The van der Waals surface area contributed by atoms with Gasteiger partial charge in [-0.15, -0.1) is 0 Å². The lowest BCUT2D eigenvalue weighted by atomic mass is 10.3. The largest absolute Gasteiger partial charge is 0.497 e. The van der Waals surface area contributed by atoms with Crippen molar-refractivity contribution < 1.29 is 9.66 Å². The van der Waals surface area contributed by atoms with E-state index in [-0.39, 0.29) is 5.69 Å². The summed E-state index contributed by atoms with van der Waals surface area (Å²) in [5.41, 5.74) is 0.0123. The van der Waals surface area contributed by atoms with E-state index in [9.17, 15) is 10.1 Å². The van der Waals surface area contributed by atoms with E-state index in [1.807, 2.05) is 12.1 Å². The minimum absolute atomic E-state index is 0.0123. The number of aromatic nitrogens is 1. The Hall–Kier alpha value is -2.08. The van der Waals surface area contributed by atoms with Gasteiger partial charge in [-0.05, 0) is 30.3 Å². The summed E-state index contributed by atoms with van der Waals surface area (Å²) in [6, 6.07) is 10.3. The highest BCUT2D eigenvalue weighted by Gasteiger charge is 2.15. The monoisotopic (exact) mass is 262 g/mol. The van der Waals surface area contributed by atoms with E-state index in [1.165, 1.54) is 17.8 Å². The summed E-state index contributed by atoms with van der Waals surface area (Å²) in [5.74, 6) is 0.745. The van der Waals surface area contributed by atoms with Gasteiger partial charge in [0.1, 0.15) is 5.75 Å². The first kappa shape index (κ1) is 12.4. The number of methoxy groups -OCH3 is 1. The van der Waals surface area contributed by atoms with E-state index in [0.29, 0.717) is 5.03 Å². The minimum atomic E-state index is -0.432. The molecule has 1 heterocycles. The zero-order chi connectivity index (χ0) is 13.0. The average Bonchev–Trinajstić information content (AvgIpc) is 2.40. The summed E-state index contributed by atoms with van der Waals surface area (Å²) in [7, 11) is 1.59. The Morgan fingerprint density at radius 1 is 1.28 bits per heavy atom. The van der Waals surface area contributed by atoms with Crippen LogP contribution in [0.5, 0.6) is 5.75 Å². The van der Waals surface area contributed by atoms with Crippen molar-refractivity contribution in [3.8, 4) is 5.75 Å². The molecule has 6 heteroatoms. The summed E-state index contributed by atoms with van der Waals surface area (Å²) < 4.78 is 5.05. The maximum atomic E-state index is 10.8. The molecule has 0 amide bonds. The van der Waals surface area contributed by atoms with Crippen molar-refractivity contribution in [3.63, 3.8) is 0 Å². The first-order valence-corrected chi connectivity index (χ1v) is 5.93. The maximum Gasteiger partial charge on any atom is 0.301 e. The smallest absolute Gasteiger partial charge is 0.301 e. The van der Waals surface area contributed by atoms with E-state index in [2.05, 4.69) is 4.98 Å². The van der Waals surface area contributed by atoms with Crippen LogP contribution in [-0.2, 0) is 0 Å². The highest BCUT2D eigenvalue weighted by molar-refractivity contribution is 7.99. The molecule has 92 valence electrons. The molecule has 1 aromatic heterocycles. The van der Waals surface area contributed by atoms with Crippen LogP contribution < -0.4 is 4.74 Å². The Kier molecular flexibility index (Phi) is 3.78. The molecule has 2 aromatic rings. The molecule has 0 aliphatic carbocycles. The number of ether oxygens (including phenoxy) is 1. The molecule has 0 unspecified atom stereocenters. The van der Waals surface area contributed by atoms with Crippen LogP contribution in [0.3, 0.4) is 0 Å². The van der Waals surface area contributed by atoms with E-state index in [1.54, 1.807) is 31.5 Å². The van der Waals surface area contributed by atoms with Crippen molar-refractivity contribution in [2.45, 2.75) is 9.92 Å². The molecule has 0 spiro atoms. The fourth-order valence-corrected chi connectivity index (χ4v) is 2.21. The number of hydrogen-bond donors (Lipinski definition) is 0. The van der Waals surface area contributed by atoms with Crippen molar-refractivity contribution in [1.29, 1.82) is 0 Å². The zero-order valence-corrected chi connectivity index (χ0v) is 10.4. The van der Waals surface area contributed by atoms with Crippen molar-refractivity contribution in [2.24, 2.45) is 0 Å². The normalized spacial score (nSPS) is 10.1. The summed E-state index contributed by atoms with van der Waals surface area (Å²) in [6.07, 6.45) is 1.54. The molecule has 5 nitrogen and oxygen atoms in total. The van der Waals surface area contributed by atoms with Crippen molar-refractivity contribution in [3.05, 3.63) is 52.7 Å². The molecule has 2 rings (SSSR count). The summed E-state index contributed by atoms with van der Waals surface area (Å²) in [6.45, 7) is 0. The molecule has 0 radical (unpaired) electrons. The van der Waals surface area contributed by atoms with Crippen LogP contribution in [-0.4, -0.2) is 17.0 Å². The van der Waals surface area contributed by atoms with Gasteiger partial charge in [0.2, 0.25) is 0 Å². The van der Waals surface area contributed by atoms with Gasteiger partial charge in [0.25, 0.3) is 0 Å². The molecule has 0 saturated heterocycles. The Morgan fingerprint density at radius 2 is 2.00 bits per heavy atom. The Labute approximate surface area is 108 Å². The lowest BCUT2D eigenvalue weighted by Crippen LogP contribution is -1.92. The number of nitrogens with zero attached hydrogens (tertiary/aromatic N) is 2. The standard InChI is InChI=1S/C12H10N2O3S/c1-17-9-4-6-10(7-5-9)18-12-11(14(15)16)3-2-8-13-12/h2-8H,1H3. The summed E-state index contributed by atoms with van der Waals surface area (Å²) in [5, 5.41) is 11.2. The summed E-state index contributed by atoms with van der Waals surface area (Å²) in [4.78, 5) is 15.3. The maximum absolute atomic E-state index is 10.8. The fourth-order valence-electron chi connectivity index (χ4n) is 1.36. The second-order valence-corrected chi connectivity index (χ2v) is 4.42. The van der Waals surface area contributed by atoms with Crippen LogP contribution in [0.1, 0.15) is 0 Å². The first-order chi connectivity index (χ1) is 8.70. The quantitative estimate of drug-likeness (QED) is 0.625. The average molecular weight is 262 g/mol. The van der Waals surface area contributed by atoms with Gasteiger partial charge in [0.15, 0.2) is 5.03 Å². The van der Waals surface area contributed by atoms with Crippen LogP contribution in [0, 0.1) is 10.1 Å². The van der Waals surface area contributed by atoms with E-state index in [0.717, 1.165) is 10.6 Å².